The predicted octanol–water partition coefficient (Wildman–Crippen LogP) is 6.54. The molecular weight excluding hydrogens is 424 g/mol. The molecule has 0 fully saturated rings. The van der Waals surface area contributed by atoms with Crippen LogP contribution in [0.3, 0.4) is 0 Å². The number of halogens is 2. The van der Waals surface area contributed by atoms with Crippen LogP contribution in [0.4, 0.5) is 14.5 Å². The Labute approximate surface area is 195 Å². The standard InChI is InChI=1S/C26H33F2N3S/c1-4-20-14-21(16-29)26(30-23-8-6-22(27)7-9-23)13-18(2)11-12-31(17-20)32-24-10-5-19(3)25(28)15-24/h4-10,13,16,19-20,24-25H,1,11-12,14-15,17,29H2,2-3H3/b18-13+,21-16?,30-26?. The van der Waals surface area contributed by atoms with Gasteiger partial charge in [-0.15, -0.1) is 6.58 Å². The summed E-state index contributed by atoms with van der Waals surface area (Å²) < 4.78 is 29.9. The smallest absolute Gasteiger partial charge is 0.123 e. The van der Waals surface area contributed by atoms with Crippen molar-refractivity contribution in [1.82, 2.24) is 4.31 Å². The molecule has 1 aliphatic carbocycles. The van der Waals surface area contributed by atoms with E-state index in [2.05, 4.69) is 30.0 Å². The molecule has 3 nitrogen and oxygen atoms in total. The van der Waals surface area contributed by atoms with Crippen molar-refractivity contribution in [2.45, 2.75) is 44.5 Å². The van der Waals surface area contributed by atoms with E-state index in [1.807, 2.05) is 19.1 Å². The molecule has 0 bridgehead atoms. The summed E-state index contributed by atoms with van der Waals surface area (Å²) in [5, 5.41) is 0.152. The van der Waals surface area contributed by atoms with Gasteiger partial charge in [0.15, 0.2) is 0 Å². The van der Waals surface area contributed by atoms with Crippen LogP contribution in [-0.4, -0.2) is 34.5 Å². The maximum atomic E-state index is 14.2. The lowest BCUT2D eigenvalue weighted by molar-refractivity contribution is 0.253. The molecule has 1 aliphatic heterocycles. The average Bonchev–Trinajstić information content (AvgIpc) is 2.78. The van der Waals surface area contributed by atoms with Gasteiger partial charge in [0.2, 0.25) is 0 Å². The summed E-state index contributed by atoms with van der Waals surface area (Å²) in [6.07, 6.45) is 11.1. The third kappa shape index (κ3) is 6.91. The molecule has 2 N–H and O–H groups in total. The van der Waals surface area contributed by atoms with Crippen LogP contribution < -0.4 is 5.73 Å². The predicted molar refractivity (Wildman–Crippen MR) is 133 cm³/mol. The fraction of sp³-hybridized carbons (Fsp3) is 0.423. The number of hydrogen-bond acceptors (Lipinski definition) is 4. The van der Waals surface area contributed by atoms with E-state index in [9.17, 15) is 8.78 Å². The van der Waals surface area contributed by atoms with Crippen LogP contribution in [0.1, 0.15) is 33.1 Å². The Morgan fingerprint density at radius 1 is 1.25 bits per heavy atom. The zero-order chi connectivity index (χ0) is 23.1. The number of hydrogen-bond donors (Lipinski definition) is 1. The number of nitrogens with two attached hydrogens (primary N) is 1. The van der Waals surface area contributed by atoms with Crippen LogP contribution in [0.2, 0.25) is 0 Å². The van der Waals surface area contributed by atoms with Crippen molar-refractivity contribution in [3.8, 4) is 0 Å². The van der Waals surface area contributed by atoms with E-state index in [1.54, 1.807) is 30.3 Å². The second kappa shape index (κ2) is 11.6. The minimum absolute atomic E-state index is 0.00642. The van der Waals surface area contributed by atoms with Gasteiger partial charge in [0.1, 0.15) is 12.0 Å². The maximum Gasteiger partial charge on any atom is 0.123 e. The molecule has 4 atom stereocenters. The summed E-state index contributed by atoms with van der Waals surface area (Å²) in [6.45, 7) is 9.72. The molecule has 1 aromatic carbocycles. The summed E-state index contributed by atoms with van der Waals surface area (Å²) in [7, 11) is 0. The zero-order valence-electron chi connectivity index (χ0n) is 18.9. The van der Waals surface area contributed by atoms with Gasteiger partial charge in [-0.2, -0.15) is 0 Å². The normalized spacial score (nSPS) is 31.9. The lowest BCUT2D eigenvalue weighted by Crippen LogP contribution is -2.30. The van der Waals surface area contributed by atoms with Crippen LogP contribution in [0, 0.1) is 17.7 Å². The molecule has 32 heavy (non-hydrogen) atoms. The van der Waals surface area contributed by atoms with E-state index in [4.69, 9.17) is 10.7 Å². The van der Waals surface area contributed by atoms with Gasteiger partial charge in [-0.3, -0.25) is 0 Å². The third-order valence-corrected chi connectivity index (χ3v) is 7.19. The molecule has 1 heterocycles. The first kappa shape index (κ1) is 24.5. The van der Waals surface area contributed by atoms with E-state index in [0.29, 0.717) is 18.5 Å². The molecule has 2 aliphatic rings. The molecule has 3 rings (SSSR count). The van der Waals surface area contributed by atoms with Gasteiger partial charge in [0.25, 0.3) is 0 Å². The maximum absolute atomic E-state index is 14.2. The van der Waals surface area contributed by atoms with Crippen molar-refractivity contribution in [3.05, 3.63) is 78.3 Å². The van der Waals surface area contributed by atoms with Crippen LogP contribution in [-0.2, 0) is 0 Å². The number of benzene rings is 1. The summed E-state index contributed by atoms with van der Waals surface area (Å²) in [4.78, 5) is 4.75. The number of rotatable bonds is 4. The molecule has 0 spiro atoms. The Morgan fingerprint density at radius 2 is 2.00 bits per heavy atom. The molecule has 1 aromatic rings. The molecule has 4 unspecified atom stereocenters. The Hall–Kier alpha value is -2.18. The quantitative estimate of drug-likeness (QED) is 0.412. The monoisotopic (exact) mass is 457 g/mol. The van der Waals surface area contributed by atoms with E-state index in [-0.39, 0.29) is 22.9 Å². The molecular formula is C26H33F2N3S. The first-order valence-electron chi connectivity index (χ1n) is 11.2. The van der Waals surface area contributed by atoms with E-state index >= 15 is 0 Å². The summed E-state index contributed by atoms with van der Waals surface area (Å²) in [6, 6.07) is 6.15. The van der Waals surface area contributed by atoms with Gasteiger partial charge in [-0.25, -0.2) is 18.1 Å². The Morgan fingerprint density at radius 3 is 2.66 bits per heavy atom. The third-order valence-electron chi connectivity index (χ3n) is 5.94. The van der Waals surface area contributed by atoms with Crippen molar-refractivity contribution < 1.29 is 8.78 Å². The topological polar surface area (TPSA) is 41.6 Å². The Bertz CT molecular complexity index is 904. The van der Waals surface area contributed by atoms with Gasteiger partial charge in [0.05, 0.1) is 11.4 Å². The zero-order valence-corrected chi connectivity index (χ0v) is 19.7. The van der Waals surface area contributed by atoms with Crippen LogP contribution in [0.5, 0.6) is 0 Å². The first-order valence-corrected chi connectivity index (χ1v) is 12.0. The number of aliphatic imine (C=N–C) groups is 1. The summed E-state index contributed by atoms with van der Waals surface area (Å²) in [5.41, 5.74) is 9.62. The molecule has 0 saturated carbocycles. The van der Waals surface area contributed by atoms with Gasteiger partial charge >= 0.3 is 0 Å². The number of alkyl halides is 1. The molecule has 0 aromatic heterocycles. The molecule has 0 saturated heterocycles. The van der Waals surface area contributed by atoms with Crippen molar-refractivity contribution >= 4 is 23.3 Å². The average molecular weight is 458 g/mol. The molecule has 6 heteroatoms. The van der Waals surface area contributed by atoms with E-state index in [0.717, 1.165) is 30.8 Å². The first-order chi connectivity index (χ1) is 15.4. The van der Waals surface area contributed by atoms with Crippen molar-refractivity contribution in [1.29, 1.82) is 0 Å². The molecule has 0 radical (unpaired) electrons. The fourth-order valence-corrected chi connectivity index (χ4v) is 5.16. The van der Waals surface area contributed by atoms with Crippen molar-refractivity contribution in [2.24, 2.45) is 22.6 Å². The van der Waals surface area contributed by atoms with Crippen molar-refractivity contribution in [3.63, 3.8) is 0 Å². The Kier molecular flexibility index (Phi) is 8.88. The highest BCUT2D eigenvalue weighted by Gasteiger charge is 2.26. The second-order valence-corrected chi connectivity index (χ2v) is 9.97. The second-order valence-electron chi connectivity index (χ2n) is 8.63. The van der Waals surface area contributed by atoms with Crippen molar-refractivity contribution in [2.75, 3.05) is 13.1 Å². The minimum atomic E-state index is -0.785. The lowest BCUT2D eigenvalue weighted by Gasteiger charge is -2.32. The van der Waals surface area contributed by atoms with Gasteiger partial charge in [0, 0.05) is 24.3 Å². The Balaban J connectivity index is 1.83. The highest BCUT2D eigenvalue weighted by Crippen LogP contribution is 2.33. The van der Waals surface area contributed by atoms with Crippen LogP contribution in [0.25, 0.3) is 0 Å². The molecule has 0 amide bonds. The van der Waals surface area contributed by atoms with E-state index < -0.39 is 6.17 Å². The number of nitrogens with zero attached hydrogens (tertiary/aromatic N) is 2. The van der Waals surface area contributed by atoms with Gasteiger partial charge < -0.3 is 5.73 Å². The van der Waals surface area contributed by atoms with Crippen LogP contribution in [0.15, 0.2) is 77.5 Å². The highest BCUT2D eigenvalue weighted by atomic mass is 32.2. The summed E-state index contributed by atoms with van der Waals surface area (Å²) in [5.74, 6) is -0.116. The SMILES string of the molecule is C=CC1CC(=CN)C(=Nc2ccc(F)cc2)/C=C(\C)CCN(SC2C=CC(C)C(F)C2)C1. The highest BCUT2D eigenvalue weighted by molar-refractivity contribution is 7.97. The fourth-order valence-electron chi connectivity index (χ4n) is 3.87. The van der Waals surface area contributed by atoms with Crippen LogP contribution >= 0.6 is 11.9 Å². The number of allylic oxidation sites excluding steroid dienone is 3. The minimum Gasteiger partial charge on any atom is -0.404 e. The lowest BCUT2D eigenvalue weighted by atomic mass is 9.94. The largest absolute Gasteiger partial charge is 0.404 e. The summed E-state index contributed by atoms with van der Waals surface area (Å²) >= 11 is 1.74. The molecule has 172 valence electrons. The van der Waals surface area contributed by atoms with Gasteiger partial charge in [-0.1, -0.05) is 42.7 Å². The van der Waals surface area contributed by atoms with E-state index in [1.165, 1.54) is 17.7 Å². The van der Waals surface area contributed by atoms with Gasteiger partial charge in [-0.05, 0) is 74.2 Å².